The van der Waals surface area contributed by atoms with Crippen molar-refractivity contribution in [1.29, 1.82) is 0 Å². The van der Waals surface area contributed by atoms with Crippen molar-refractivity contribution in [3.63, 3.8) is 0 Å². The molecule has 0 radical (unpaired) electrons. The Labute approximate surface area is 202 Å². The lowest BCUT2D eigenvalue weighted by Gasteiger charge is -2.33. The van der Waals surface area contributed by atoms with Gasteiger partial charge in [-0.2, -0.15) is 24.9 Å². The summed E-state index contributed by atoms with van der Waals surface area (Å²) in [4.78, 5) is 17.8. The maximum atomic E-state index is 14.0. The summed E-state index contributed by atoms with van der Waals surface area (Å²) in [5.41, 5.74) is 4.82. The summed E-state index contributed by atoms with van der Waals surface area (Å²) in [5.74, 6) is 1.53. The van der Waals surface area contributed by atoms with Crippen LogP contribution in [-0.2, 0) is 17.6 Å². The number of anilines is 1. The van der Waals surface area contributed by atoms with Crippen molar-refractivity contribution in [2.75, 3.05) is 23.9 Å². The topological polar surface area (TPSA) is 45.2 Å². The summed E-state index contributed by atoms with van der Waals surface area (Å²) in [7, 11) is 1.25. The van der Waals surface area contributed by atoms with Crippen molar-refractivity contribution in [3.8, 4) is 0 Å². The zero-order chi connectivity index (χ0) is 23.9. The molecule has 1 saturated carbocycles. The molecule has 0 bridgehead atoms. The number of hydrogen-bond donors (Lipinski definition) is 1. The normalized spacial score (nSPS) is 21.7. The molecule has 182 valence electrons. The van der Waals surface area contributed by atoms with Crippen molar-refractivity contribution in [1.82, 2.24) is 9.88 Å². The van der Waals surface area contributed by atoms with Crippen LogP contribution in [0.25, 0.3) is 0 Å². The molecule has 1 aromatic carbocycles. The predicted octanol–water partition coefficient (Wildman–Crippen LogP) is 5.74. The number of thioether (sulfide) groups is 1. The van der Waals surface area contributed by atoms with E-state index in [-0.39, 0.29) is 17.7 Å². The lowest BCUT2D eigenvalue weighted by Crippen LogP contribution is -2.43. The van der Waals surface area contributed by atoms with Crippen LogP contribution >= 0.6 is 11.8 Å². The van der Waals surface area contributed by atoms with Crippen LogP contribution in [-0.4, -0.2) is 46.6 Å². The second-order valence-corrected chi connectivity index (χ2v) is 11.0. The number of benzene rings is 1. The fourth-order valence-electron chi connectivity index (χ4n) is 5.39. The molecule has 1 amide bonds. The first-order valence-corrected chi connectivity index (χ1v) is 13.2. The minimum Gasteiger partial charge on any atom is -0.380 e. The predicted molar refractivity (Wildman–Crippen MR) is 129 cm³/mol. The molecule has 1 aromatic heterocycles. The van der Waals surface area contributed by atoms with E-state index < -0.39 is 18.1 Å². The fraction of sp³-hybridized carbons (Fsp3) is 0.538. The summed E-state index contributed by atoms with van der Waals surface area (Å²) in [6, 6.07) is 7.76. The Kier molecular flexibility index (Phi) is 6.53. The van der Waals surface area contributed by atoms with E-state index >= 15 is 0 Å². The minimum atomic E-state index is -4.60. The summed E-state index contributed by atoms with van der Waals surface area (Å²) < 4.78 is 42.1. The van der Waals surface area contributed by atoms with Crippen LogP contribution in [0, 0.1) is 5.92 Å². The number of fused-ring (bicyclic) bond motifs is 1. The van der Waals surface area contributed by atoms with Crippen molar-refractivity contribution < 1.29 is 18.0 Å². The molecular weight excluding hydrogens is 459 g/mol. The van der Waals surface area contributed by atoms with Gasteiger partial charge in [0, 0.05) is 19.0 Å². The number of alkyl halides is 3. The molecule has 1 N–H and O–H groups in total. The SMILES string of the molecule is CN(C(=O)C1CCSCC1)C(c1ccc(NC2Cc3cccc(C4CC4)c3C2)cn1)C(F)(F)F. The summed E-state index contributed by atoms with van der Waals surface area (Å²) in [5, 5.41) is 3.46. The van der Waals surface area contributed by atoms with Gasteiger partial charge in [0.1, 0.15) is 0 Å². The van der Waals surface area contributed by atoms with E-state index in [1.54, 1.807) is 17.8 Å². The van der Waals surface area contributed by atoms with Gasteiger partial charge < -0.3 is 10.2 Å². The quantitative estimate of drug-likeness (QED) is 0.562. The first kappa shape index (κ1) is 23.5. The third-order valence-electron chi connectivity index (χ3n) is 7.30. The molecule has 2 heterocycles. The van der Waals surface area contributed by atoms with Crippen LogP contribution < -0.4 is 5.32 Å². The molecular formula is C26H30F3N3OS. The van der Waals surface area contributed by atoms with E-state index in [4.69, 9.17) is 0 Å². The molecule has 2 atom stereocenters. The van der Waals surface area contributed by atoms with Gasteiger partial charge in [-0.1, -0.05) is 18.2 Å². The van der Waals surface area contributed by atoms with Crippen LogP contribution in [0.5, 0.6) is 0 Å². The number of carbonyl (C=O) groups excluding carboxylic acids is 1. The van der Waals surface area contributed by atoms with Gasteiger partial charge in [-0.3, -0.25) is 9.78 Å². The molecule has 2 aliphatic carbocycles. The van der Waals surface area contributed by atoms with E-state index in [0.29, 0.717) is 24.4 Å². The molecule has 34 heavy (non-hydrogen) atoms. The average Bonchev–Trinajstić information content (AvgIpc) is 3.58. The number of nitrogens with one attached hydrogen (secondary N) is 1. The van der Waals surface area contributed by atoms with E-state index in [2.05, 4.69) is 28.5 Å². The van der Waals surface area contributed by atoms with E-state index in [1.807, 2.05) is 0 Å². The number of hydrogen-bond acceptors (Lipinski definition) is 4. The molecule has 2 unspecified atom stereocenters. The van der Waals surface area contributed by atoms with Crippen molar-refractivity contribution >= 4 is 23.4 Å². The molecule has 2 aromatic rings. The Morgan fingerprint density at radius 1 is 1.12 bits per heavy atom. The number of halogens is 3. The number of carbonyl (C=O) groups is 1. The molecule has 4 nitrogen and oxygen atoms in total. The van der Waals surface area contributed by atoms with Crippen LogP contribution in [0.15, 0.2) is 36.5 Å². The van der Waals surface area contributed by atoms with E-state index in [1.165, 1.54) is 48.8 Å². The number of aromatic nitrogens is 1. The number of amides is 1. The zero-order valence-corrected chi connectivity index (χ0v) is 20.1. The Hall–Kier alpha value is -2.22. The second-order valence-electron chi connectivity index (χ2n) is 9.76. The Bertz CT molecular complexity index is 1030. The third kappa shape index (κ3) is 4.92. The molecule has 1 saturated heterocycles. The third-order valence-corrected chi connectivity index (χ3v) is 8.34. The number of pyridine rings is 1. The van der Waals surface area contributed by atoms with Crippen molar-refractivity contribution in [3.05, 3.63) is 58.9 Å². The Morgan fingerprint density at radius 2 is 1.88 bits per heavy atom. The number of nitrogens with zero attached hydrogens (tertiary/aromatic N) is 2. The van der Waals surface area contributed by atoms with Crippen molar-refractivity contribution in [2.24, 2.45) is 5.92 Å². The first-order valence-electron chi connectivity index (χ1n) is 12.1. The molecule has 5 rings (SSSR count). The van der Waals surface area contributed by atoms with Crippen LogP contribution in [0.1, 0.15) is 60.0 Å². The zero-order valence-electron chi connectivity index (χ0n) is 19.3. The highest BCUT2D eigenvalue weighted by Gasteiger charge is 2.47. The Balaban J connectivity index is 1.28. The Morgan fingerprint density at radius 3 is 2.53 bits per heavy atom. The van der Waals surface area contributed by atoms with E-state index in [0.717, 1.165) is 29.2 Å². The highest BCUT2D eigenvalue weighted by Crippen LogP contribution is 2.44. The first-order chi connectivity index (χ1) is 16.3. The fourth-order valence-corrected chi connectivity index (χ4v) is 6.50. The number of rotatable bonds is 6. The van der Waals surface area contributed by atoms with Crippen LogP contribution in [0.2, 0.25) is 0 Å². The smallest absolute Gasteiger partial charge is 0.380 e. The van der Waals surface area contributed by atoms with Gasteiger partial charge in [-0.15, -0.1) is 0 Å². The van der Waals surface area contributed by atoms with Crippen LogP contribution in [0.3, 0.4) is 0 Å². The molecule has 1 aliphatic heterocycles. The van der Waals surface area contributed by atoms with Gasteiger partial charge in [0.15, 0.2) is 6.04 Å². The monoisotopic (exact) mass is 489 g/mol. The van der Waals surface area contributed by atoms with Gasteiger partial charge in [-0.05, 0) is 84.8 Å². The minimum absolute atomic E-state index is 0.148. The van der Waals surface area contributed by atoms with Gasteiger partial charge in [0.25, 0.3) is 0 Å². The average molecular weight is 490 g/mol. The maximum Gasteiger partial charge on any atom is 0.414 e. The summed E-state index contributed by atoms with van der Waals surface area (Å²) in [6.45, 7) is 0. The largest absolute Gasteiger partial charge is 0.414 e. The van der Waals surface area contributed by atoms with Crippen LogP contribution in [0.4, 0.5) is 18.9 Å². The highest BCUT2D eigenvalue weighted by molar-refractivity contribution is 7.99. The van der Waals surface area contributed by atoms with E-state index in [9.17, 15) is 18.0 Å². The van der Waals surface area contributed by atoms with Crippen molar-refractivity contribution in [2.45, 2.75) is 62.7 Å². The highest BCUT2D eigenvalue weighted by atomic mass is 32.2. The standard InChI is InChI=1S/C26H30F3N3OS/c1-32(25(33)17-9-11-34-12-10-17)24(26(27,28)29)23-8-7-19(15-30-23)31-20-13-18-3-2-4-21(16-5-6-16)22(18)14-20/h2-4,7-8,15-17,20,24,31H,5-6,9-14H2,1H3. The lowest BCUT2D eigenvalue weighted by molar-refractivity contribution is -0.191. The molecule has 0 spiro atoms. The maximum absolute atomic E-state index is 14.0. The summed E-state index contributed by atoms with van der Waals surface area (Å²) >= 11 is 1.74. The van der Waals surface area contributed by atoms with Gasteiger partial charge in [0.05, 0.1) is 17.6 Å². The molecule has 8 heteroatoms. The second kappa shape index (κ2) is 9.44. The lowest BCUT2D eigenvalue weighted by atomic mass is 9.99. The molecule has 2 fully saturated rings. The molecule has 3 aliphatic rings. The summed E-state index contributed by atoms with van der Waals surface area (Å²) in [6.07, 6.45) is 2.47. The van der Waals surface area contributed by atoms with Gasteiger partial charge >= 0.3 is 6.18 Å². The van der Waals surface area contributed by atoms with Gasteiger partial charge in [-0.25, -0.2) is 0 Å². The van der Waals surface area contributed by atoms with Gasteiger partial charge in [0.2, 0.25) is 5.91 Å².